The molecule has 2 N–H and O–H groups in total. The zero-order chi connectivity index (χ0) is 12.5. The average Bonchev–Trinajstić information content (AvgIpc) is 2.49. The van der Waals surface area contributed by atoms with Gasteiger partial charge < -0.3 is 15.2 Å². The fraction of sp³-hybridized carbons (Fsp3) is 0.571. The summed E-state index contributed by atoms with van der Waals surface area (Å²) in [5, 5.41) is 12.8. The first-order valence-electron chi connectivity index (χ1n) is 6.20. The van der Waals surface area contributed by atoms with E-state index in [0.29, 0.717) is 0 Å². The van der Waals surface area contributed by atoms with Crippen molar-refractivity contribution in [3.05, 3.63) is 29.8 Å². The monoisotopic (exact) mass is 235 g/mol. The number of hydrogen-bond acceptors (Lipinski definition) is 3. The van der Waals surface area contributed by atoms with Crippen LogP contribution in [0.25, 0.3) is 0 Å². The highest BCUT2D eigenvalue weighted by Gasteiger charge is 2.40. The van der Waals surface area contributed by atoms with E-state index >= 15 is 0 Å². The van der Waals surface area contributed by atoms with Crippen molar-refractivity contribution in [1.29, 1.82) is 0 Å². The molecule has 0 saturated carbocycles. The van der Waals surface area contributed by atoms with Crippen molar-refractivity contribution >= 4 is 0 Å². The number of fused-ring (bicyclic) bond motifs is 1. The summed E-state index contributed by atoms with van der Waals surface area (Å²) in [4.78, 5) is 0. The van der Waals surface area contributed by atoms with E-state index in [2.05, 4.69) is 25.2 Å². The molecular formula is C14H21NO2. The molecule has 0 radical (unpaired) electrons. The van der Waals surface area contributed by atoms with Gasteiger partial charge in [-0.1, -0.05) is 18.2 Å². The van der Waals surface area contributed by atoms with Crippen LogP contribution in [-0.2, 0) is 0 Å². The molecule has 3 nitrogen and oxygen atoms in total. The van der Waals surface area contributed by atoms with Gasteiger partial charge in [0.05, 0.1) is 12.1 Å². The van der Waals surface area contributed by atoms with Gasteiger partial charge in [-0.2, -0.15) is 0 Å². The Kier molecular flexibility index (Phi) is 3.40. The fourth-order valence-electron chi connectivity index (χ4n) is 2.32. The van der Waals surface area contributed by atoms with Crippen LogP contribution in [0.1, 0.15) is 38.8 Å². The number of rotatable bonds is 4. The molecule has 1 heterocycles. The lowest BCUT2D eigenvalue weighted by Crippen LogP contribution is -2.40. The summed E-state index contributed by atoms with van der Waals surface area (Å²) >= 11 is 0. The molecule has 0 aromatic heterocycles. The van der Waals surface area contributed by atoms with Crippen molar-refractivity contribution in [3.8, 4) is 5.75 Å². The normalized spacial score (nSPS) is 22.9. The van der Waals surface area contributed by atoms with Crippen molar-refractivity contribution < 1.29 is 9.84 Å². The second kappa shape index (κ2) is 4.67. The van der Waals surface area contributed by atoms with Gasteiger partial charge >= 0.3 is 0 Å². The number of benzene rings is 1. The molecule has 94 valence electrons. The largest absolute Gasteiger partial charge is 0.486 e. The molecule has 17 heavy (non-hydrogen) atoms. The van der Waals surface area contributed by atoms with E-state index in [-0.39, 0.29) is 17.7 Å². The van der Waals surface area contributed by atoms with Crippen molar-refractivity contribution in [2.45, 2.75) is 44.9 Å². The van der Waals surface area contributed by atoms with Crippen LogP contribution in [0.15, 0.2) is 24.3 Å². The van der Waals surface area contributed by atoms with E-state index in [4.69, 9.17) is 4.74 Å². The molecule has 0 fully saturated rings. The summed E-state index contributed by atoms with van der Waals surface area (Å²) in [6.45, 7) is 6.79. The third-order valence-electron chi connectivity index (χ3n) is 3.21. The standard InChI is InChI=1S/C14H21NO2/c1-10(16)8-9-15-13-11-6-4-5-7-12(11)17-14(13,2)3/h4-7,10,13,15-16H,8-9H2,1-3H3. The van der Waals surface area contributed by atoms with Gasteiger partial charge in [0.2, 0.25) is 0 Å². The molecule has 1 aromatic carbocycles. The predicted molar refractivity (Wildman–Crippen MR) is 68.2 cm³/mol. The van der Waals surface area contributed by atoms with Crippen molar-refractivity contribution in [2.24, 2.45) is 0 Å². The van der Waals surface area contributed by atoms with E-state index in [1.54, 1.807) is 0 Å². The summed E-state index contributed by atoms with van der Waals surface area (Å²) in [5.41, 5.74) is 0.977. The van der Waals surface area contributed by atoms with Gasteiger partial charge in [0.25, 0.3) is 0 Å². The van der Waals surface area contributed by atoms with Crippen LogP contribution in [0.4, 0.5) is 0 Å². The predicted octanol–water partition coefficient (Wildman–Crippen LogP) is 2.26. The third kappa shape index (κ3) is 2.61. The lowest BCUT2D eigenvalue weighted by atomic mass is 9.94. The number of ether oxygens (including phenoxy) is 1. The first-order chi connectivity index (χ1) is 8.00. The molecule has 0 spiro atoms. The maximum absolute atomic E-state index is 9.28. The lowest BCUT2D eigenvalue weighted by Gasteiger charge is -2.27. The van der Waals surface area contributed by atoms with Gasteiger partial charge in [0.1, 0.15) is 11.4 Å². The van der Waals surface area contributed by atoms with Gasteiger partial charge in [0, 0.05) is 5.56 Å². The maximum Gasteiger partial charge on any atom is 0.125 e. The van der Waals surface area contributed by atoms with E-state index in [1.165, 1.54) is 5.56 Å². The molecule has 2 unspecified atom stereocenters. The Morgan fingerprint density at radius 3 is 2.82 bits per heavy atom. The lowest BCUT2D eigenvalue weighted by molar-refractivity contribution is 0.0934. The first kappa shape index (κ1) is 12.4. The Hall–Kier alpha value is -1.06. The van der Waals surface area contributed by atoms with Gasteiger partial charge in [0.15, 0.2) is 0 Å². The van der Waals surface area contributed by atoms with Crippen LogP contribution in [0.5, 0.6) is 5.75 Å². The summed E-state index contributed by atoms with van der Waals surface area (Å²) < 4.78 is 5.94. The molecule has 1 aliphatic rings. The van der Waals surface area contributed by atoms with E-state index in [9.17, 15) is 5.11 Å². The Morgan fingerprint density at radius 1 is 1.41 bits per heavy atom. The number of aliphatic hydroxyl groups is 1. The summed E-state index contributed by atoms with van der Waals surface area (Å²) in [6, 6.07) is 8.33. The minimum Gasteiger partial charge on any atom is -0.486 e. The summed E-state index contributed by atoms with van der Waals surface area (Å²) in [5.74, 6) is 0.965. The molecule has 0 amide bonds. The van der Waals surface area contributed by atoms with Crippen molar-refractivity contribution in [1.82, 2.24) is 5.32 Å². The van der Waals surface area contributed by atoms with Crippen LogP contribution >= 0.6 is 0 Å². The van der Waals surface area contributed by atoms with Crippen LogP contribution in [0.2, 0.25) is 0 Å². The van der Waals surface area contributed by atoms with Gasteiger partial charge in [-0.25, -0.2) is 0 Å². The fourth-order valence-corrected chi connectivity index (χ4v) is 2.32. The molecule has 0 saturated heterocycles. The second-order valence-corrected chi connectivity index (χ2v) is 5.27. The zero-order valence-corrected chi connectivity index (χ0v) is 10.7. The Morgan fingerprint density at radius 2 is 2.12 bits per heavy atom. The summed E-state index contributed by atoms with van der Waals surface area (Å²) in [7, 11) is 0. The number of nitrogens with one attached hydrogen (secondary N) is 1. The van der Waals surface area contributed by atoms with Crippen LogP contribution in [0.3, 0.4) is 0 Å². The average molecular weight is 235 g/mol. The molecule has 1 aliphatic heterocycles. The van der Waals surface area contributed by atoms with Crippen molar-refractivity contribution in [3.63, 3.8) is 0 Å². The minimum atomic E-state index is -0.261. The second-order valence-electron chi connectivity index (χ2n) is 5.27. The molecule has 2 atom stereocenters. The van der Waals surface area contributed by atoms with E-state index in [1.807, 2.05) is 25.1 Å². The molecule has 2 rings (SSSR count). The van der Waals surface area contributed by atoms with Crippen molar-refractivity contribution in [2.75, 3.05) is 6.54 Å². The molecular weight excluding hydrogens is 214 g/mol. The summed E-state index contributed by atoms with van der Waals surface area (Å²) in [6.07, 6.45) is 0.498. The number of para-hydroxylation sites is 1. The minimum absolute atomic E-state index is 0.192. The van der Waals surface area contributed by atoms with E-state index in [0.717, 1.165) is 18.7 Å². The SMILES string of the molecule is CC(O)CCNC1c2ccccc2OC1(C)C. The third-order valence-corrected chi connectivity index (χ3v) is 3.21. The Labute approximate surface area is 103 Å². The number of aliphatic hydroxyl groups excluding tert-OH is 1. The van der Waals surface area contributed by atoms with Crippen LogP contribution in [0, 0.1) is 0 Å². The Bertz CT molecular complexity index is 388. The van der Waals surface area contributed by atoms with Crippen LogP contribution in [-0.4, -0.2) is 23.4 Å². The van der Waals surface area contributed by atoms with Crippen LogP contribution < -0.4 is 10.1 Å². The quantitative estimate of drug-likeness (QED) is 0.841. The maximum atomic E-state index is 9.28. The highest BCUT2D eigenvalue weighted by Crippen LogP contribution is 2.42. The smallest absolute Gasteiger partial charge is 0.125 e. The molecule has 3 heteroatoms. The first-order valence-corrected chi connectivity index (χ1v) is 6.20. The van der Waals surface area contributed by atoms with E-state index < -0.39 is 0 Å². The number of hydrogen-bond donors (Lipinski definition) is 2. The zero-order valence-electron chi connectivity index (χ0n) is 10.7. The van der Waals surface area contributed by atoms with Gasteiger partial charge in [-0.3, -0.25) is 0 Å². The molecule has 0 aliphatic carbocycles. The highest BCUT2D eigenvalue weighted by atomic mass is 16.5. The van der Waals surface area contributed by atoms with Gasteiger partial charge in [-0.05, 0) is 39.8 Å². The highest BCUT2D eigenvalue weighted by molar-refractivity contribution is 5.42. The molecule has 1 aromatic rings. The topological polar surface area (TPSA) is 41.5 Å². The molecule has 0 bridgehead atoms. The van der Waals surface area contributed by atoms with Gasteiger partial charge in [-0.15, -0.1) is 0 Å². The Balaban J connectivity index is 2.09.